The Bertz CT molecular complexity index is 1240. The molecule has 10 heteroatoms. The van der Waals surface area contributed by atoms with Gasteiger partial charge in [-0.15, -0.1) is 0 Å². The molecule has 0 aromatic heterocycles. The number of amides is 2. The zero-order valence-corrected chi connectivity index (χ0v) is 17.5. The number of aromatic hydroxyl groups is 1. The smallest absolute Gasteiger partial charge is 0.312 e. The number of carbonyl (C=O) groups is 2. The van der Waals surface area contributed by atoms with Crippen molar-refractivity contribution in [2.24, 2.45) is 5.10 Å². The lowest BCUT2D eigenvalue weighted by Crippen LogP contribution is -2.18. The molecule has 0 saturated carbocycles. The second-order valence-corrected chi connectivity index (χ2v) is 7.16. The van der Waals surface area contributed by atoms with Crippen molar-refractivity contribution in [1.82, 2.24) is 5.43 Å². The molecule has 0 radical (unpaired) electrons. The number of phenols is 1. The van der Waals surface area contributed by atoms with Gasteiger partial charge in [-0.1, -0.05) is 35.4 Å². The second-order valence-electron chi connectivity index (χ2n) is 6.72. The van der Waals surface area contributed by atoms with Crippen LogP contribution < -0.4 is 10.7 Å². The van der Waals surface area contributed by atoms with Gasteiger partial charge in [0.2, 0.25) is 5.75 Å². The lowest BCUT2D eigenvalue weighted by atomic mass is 10.1. The van der Waals surface area contributed by atoms with Gasteiger partial charge in [-0.05, 0) is 43.3 Å². The first kappa shape index (κ1) is 22.4. The average Bonchev–Trinajstić information content (AvgIpc) is 2.75. The van der Waals surface area contributed by atoms with Crippen LogP contribution in [0, 0.1) is 17.0 Å². The van der Waals surface area contributed by atoms with Gasteiger partial charge in [0, 0.05) is 33.5 Å². The van der Waals surface area contributed by atoms with Crippen LogP contribution in [0.1, 0.15) is 31.8 Å². The van der Waals surface area contributed by atoms with Gasteiger partial charge >= 0.3 is 5.69 Å². The fourth-order valence-electron chi connectivity index (χ4n) is 2.80. The van der Waals surface area contributed by atoms with Gasteiger partial charge in [0.1, 0.15) is 0 Å². The summed E-state index contributed by atoms with van der Waals surface area (Å²) in [7, 11) is 0. The quantitative estimate of drug-likeness (QED) is 0.291. The van der Waals surface area contributed by atoms with Crippen molar-refractivity contribution in [1.29, 1.82) is 0 Å². The van der Waals surface area contributed by atoms with Crippen LogP contribution in [0.2, 0.25) is 5.02 Å². The number of aryl methyl sites for hydroxylation is 1. The maximum absolute atomic E-state index is 12.4. The van der Waals surface area contributed by atoms with E-state index in [0.29, 0.717) is 11.3 Å². The number of phenolic OH excluding ortho intramolecular Hbond substituents is 1. The van der Waals surface area contributed by atoms with E-state index in [2.05, 4.69) is 15.8 Å². The van der Waals surface area contributed by atoms with Gasteiger partial charge in [0.15, 0.2) is 0 Å². The van der Waals surface area contributed by atoms with Gasteiger partial charge in [-0.3, -0.25) is 19.7 Å². The molecule has 2 amide bonds. The lowest BCUT2D eigenvalue weighted by Gasteiger charge is -2.07. The topological polar surface area (TPSA) is 134 Å². The molecule has 0 bridgehead atoms. The van der Waals surface area contributed by atoms with Gasteiger partial charge < -0.3 is 10.4 Å². The van der Waals surface area contributed by atoms with Crippen LogP contribution in [0.25, 0.3) is 0 Å². The lowest BCUT2D eigenvalue weighted by molar-refractivity contribution is -0.385. The highest BCUT2D eigenvalue weighted by Gasteiger charge is 2.18. The van der Waals surface area contributed by atoms with Crippen LogP contribution in [0.5, 0.6) is 5.75 Å². The number of hydrogen-bond donors (Lipinski definition) is 3. The molecular formula is C22H17ClN4O5. The van der Waals surface area contributed by atoms with E-state index in [1.54, 1.807) is 30.3 Å². The summed E-state index contributed by atoms with van der Waals surface area (Å²) >= 11 is 5.82. The zero-order valence-electron chi connectivity index (χ0n) is 16.7. The van der Waals surface area contributed by atoms with Gasteiger partial charge in [-0.2, -0.15) is 5.10 Å². The van der Waals surface area contributed by atoms with Gasteiger partial charge in [-0.25, -0.2) is 5.43 Å². The summed E-state index contributed by atoms with van der Waals surface area (Å²) in [5, 5.41) is 27.4. The monoisotopic (exact) mass is 452 g/mol. The number of nitro benzene ring substituents is 1. The largest absolute Gasteiger partial charge is 0.502 e. The fourth-order valence-corrected chi connectivity index (χ4v) is 3.02. The van der Waals surface area contributed by atoms with E-state index >= 15 is 0 Å². The van der Waals surface area contributed by atoms with Crippen molar-refractivity contribution in [2.45, 2.75) is 6.92 Å². The van der Waals surface area contributed by atoms with Crippen molar-refractivity contribution in [2.75, 3.05) is 5.32 Å². The Morgan fingerprint density at radius 2 is 1.75 bits per heavy atom. The molecule has 3 aromatic rings. The highest BCUT2D eigenvalue weighted by atomic mass is 35.5. The molecule has 0 aliphatic heterocycles. The first-order valence-electron chi connectivity index (χ1n) is 9.23. The van der Waals surface area contributed by atoms with Crippen molar-refractivity contribution in [3.8, 4) is 5.75 Å². The summed E-state index contributed by atoms with van der Waals surface area (Å²) in [5.41, 5.74) is 3.69. The maximum atomic E-state index is 12.4. The van der Waals surface area contributed by atoms with Crippen molar-refractivity contribution in [3.63, 3.8) is 0 Å². The summed E-state index contributed by atoms with van der Waals surface area (Å²) < 4.78 is 0. The average molecular weight is 453 g/mol. The van der Waals surface area contributed by atoms with E-state index in [0.717, 1.165) is 17.8 Å². The molecule has 0 saturated heterocycles. The molecule has 0 aliphatic carbocycles. The summed E-state index contributed by atoms with van der Waals surface area (Å²) in [6.07, 6.45) is 1.04. The van der Waals surface area contributed by atoms with Crippen molar-refractivity contribution < 1.29 is 19.6 Å². The van der Waals surface area contributed by atoms with Crippen molar-refractivity contribution >= 4 is 41.0 Å². The third-order valence-electron chi connectivity index (χ3n) is 4.31. The Morgan fingerprint density at radius 3 is 2.44 bits per heavy atom. The van der Waals surface area contributed by atoms with Crippen LogP contribution in [0.3, 0.4) is 0 Å². The van der Waals surface area contributed by atoms with Crippen LogP contribution >= 0.6 is 11.6 Å². The normalized spacial score (nSPS) is 10.7. The molecule has 0 fully saturated rings. The number of hydrogen-bond acceptors (Lipinski definition) is 6. The number of benzene rings is 3. The molecule has 3 N–H and O–H groups in total. The first-order valence-corrected chi connectivity index (χ1v) is 9.61. The second kappa shape index (κ2) is 9.71. The number of nitro groups is 1. The first-order chi connectivity index (χ1) is 15.2. The Hall–Kier alpha value is -4.24. The molecule has 0 atom stereocenters. The molecule has 3 aromatic carbocycles. The predicted molar refractivity (Wildman–Crippen MR) is 120 cm³/mol. The molecule has 0 aliphatic rings. The van der Waals surface area contributed by atoms with Gasteiger partial charge in [0.25, 0.3) is 11.8 Å². The SMILES string of the molecule is Cc1cccc(C(=O)Nc2cccc(C(=O)N/N=C/c3cc(Cl)cc([N+](=O)[O-])c3O)c2)c1. The molecule has 0 unspecified atom stereocenters. The number of carbonyl (C=O) groups excluding carboxylic acids is 2. The van der Waals surface area contributed by atoms with Crippen molar-refractivity contribution in [3.05, 3.63) is 98.1 Å². The number of halogens is 1. The Labute approximate surface area is 187 Å². The minimum absolute atomic E-state index is 0.0272. The fraction of sp³-hybridized carbons (Fsp3) is 0.0455. The van der Waals surface area contributed by atoms with Crippen LogP contribution in [0.4, 0.5) is 11.4 Å². The number of hydrazone groups is 1. The van der Waals surface area contributed by atoms with E-state index < -0.39 is 22.3 Å². The minimum Gasteiger partial charge on any atom is -0.502 e. The molecule has 162 valence electrons. The molecule has 9 nitrogen and oxygen atoms in total. The van der Waals surface area contributed by atoms with E-state index in [-0.39, 0.29) is 22.1 Å². The number of nitrogens with one attached hydrogen (secondary N) is 2. The van der Waals surface area contributed by atoms with E-state index in [9.17, 15) is 24.8 Å². The highest BCUT2D eigenvalue weighted by molar-refractivity contribution is 6.31. The van der Waals surface area contributed by atoms with E-state index in [1.165, 1.54) is 18.2 Å². The van der Waals surface area contributed by atoms with Crippen LogP contribution in [-0.2, 0) is 0 Å². The number of anilines is 1. The number of rotatable bonds is 6. The Balaban J connectivity index is 1.70. The molecule has 0 spiro atoms. The number of nitrogens with zero attached hydrogens (tertiary/aromatic N) is 2. The summed E-state index contributed by atoms with van der Waals surface area (Å²) in [6.45, 7) is 1.88. The third kappa shape index (κ3) is 5.46. The third-order valence-corrected chi connectivity index (χ3v) is 4.53. The maximum Gasteiger partial charge on any atom is 0.312 e. The van der Waals surface area contributed by atoms with Crippen LogP contribution in [0.15, 0.2) is 65.8 Å². The van der Waals surface area contributed by atoms with Crippen LogP contribution in [-0.4, -0.2) is 28.1 Å². The highest BCUT2D eigenvalue weighted by Crippen LogP contribution is 2.32. The summed E-state index contributed by atoms with van der Waals surface area (Å²) in [6, 6.07) is 15.6. The van der Waals surface area contributed by atoms with E-state index in [1.807, 2.05) is 13.0 Å². The summed E-state index contributed by atoms with van der Waals surface area (Å²) in [5.74, 6) is -1.54. The zero-order chi connectivity index (χ0) is 23.3. The minimum atomic E-state index is -0.784. The Kier molecular flexibility index (Phi) is 6.81. The molecule has 3 rings (SSSR count). The van der Waals surface area contributed by atoms with E-state index in [4.69, 9.17) is 11.6 Å². The predicted octanol–water partition coefficient (Wildman–Crippen LogP) is 4.28. The Morgan fingerprint density at radius 1 is 1.06 bits per heavy atom. The standard InChI is InChI=1S/C22H17ClN4O5/c1-13-4-2-5-14(8-13)21(29)25-18-7-3-6-15(10-18)22(30)26-24-12-16-9-17(23)11-19(20(16)28)27(31)32/h2-12,28H,1H3,(H,25,29)(H,26,30)/b24-12+. The van der Waals surface area contributed by atoms with Gasteiger partial charge in [0.05, 0.1) is 11.1 Å². The molecule has 0 heterocycles. The molecular weight excluding hydrogens is 436 g/mol. The molecule has 32 heavy (non-hydrogen) atoms. The summed E-state index contributed by atoms with van der Waals surface area (Å²) in [4.78, 5) is 34.9.